The summed E-state index contributed by atoms with van der Waals surface area (Å²) in [4.78, 5) is 4.18. The Bertz CT molecular complexity index is 278. The Hall–Kier alpha value is -0.610. The van der Waals surface area contributed by atoms with Crippen molar-refractivity contribution in [3.05, 3.63) is 22.4 Å². The lowest BCUT2D eigenvalue weighted by molar-refractivity contribution is 0.271. The normalized spacial score (nSPS) is 12.9. The molecule has 3 N–H and O–H groups in total. The maximum Gasteiger partial charge on any atom is 0.106 e. The Labute approximate surface area is 79.7 Å². The van der Waals surface area contributed by atoms with E-state index < -0.39 is 0 Å². The number of aliphatic hydroxyl groups is 1. The fourth-order valence-corrected chi connectivity index (χ4v) is 1.27. The fraction of sp³-hybridized carbons (Fsp3) is 0.375. The van der Waals surface area contributed by atoms with Crippen LogP contribution in [0.1, 0.15) is 18.5 Å². The van der Waals surface area contributed by atoms with Crippen molar-refractivity contribution in [3.8, 4) is 0 Å². The standard InChI is InChI=1S/C8H11BrN2O/c1-5(4-12)8-6(10)2-3-7(9)11-8/h2-3,5,12H,4,10H2,1H3. The summed E-state index contributed by atoms with van der Waals surface area (Å²) in [5, 5.41) is 8.89. The van der Waals surface area contributed by atoms with Crippen molar-refractivity contribution in [1.29, 1.82) is 0 Å². The van der Waals surface area contributed by atoms with Gasteiger partial charge in [-0.25, -0.2) is 4.98 Å². The zero-order valence-electron chi connectivity index (χ0n) is 6.79. The van der Waals surface area contributed by atoms with Gasteiger partial charge in [0.25, 0.3) is 0 Å². The number of hydrogen-bond donors (Lipinski definition) is 2. The molecular formula is C8H11BrN2O. The van der Waals surface area contributed by atoms with Crippen LogP contribution in [0.4, 0.5) is 5.69 Å². The molecule has 0 aliphatic carbocycles. The quantitative estimate of drug-likeness (QED) is 0.758. The minimum atomic E-state index is -0.0116. The molecule has 0 aromatic carbocycles. The van der Waals surface area contributed by atoms with Gasteiger partial charge in [0, 0.05) is 5.92 Å². The van der Waals surface area contributed by atoms with Crippen LogP contribution in [-0.2, 0) is 0 Å². The summed E-state index contributed by atoms with van der Waals surface area (Å²) < 4.78 is 0.743. The van der Waals surface area contributed by atoms with Crippen molar-refractivity contribution in [2.75, 3.05) is 12.3 Å². The first-order valence-corrected chi connectivity index (χ1v) is 4.47. The van der Waals surface area contributed by atoms with Gasteiger partial charge < -0.3 is 10.8 Å². The first-order valence-electron chi connectivity index (χ1n) is 3.68. The van der Waals surface area contributed by atoms with Crippen molar-refractivity contribution >= 4 is 21.6 Å². The smallest absolute Gasteiger partial charge is 0.106 e. The Morgan fingerprint density at radius 1 is 1.67 bits per heavy atom. The highest BCUT2D eigenvalue weighted by molar-refractivity contribution is 9.10. The van der Waals surface area contributed by atoms with Crippen LogP contribution in [0.2, 0.25) is 0 Å². The van der Waals surface area contributed by atoms with E-state index >= 15 is 0 Å². The number of nitrogens with zero attached hydrogens (tertiary/aromatic N) is 1. The number of halogens is 1. The third kappa shape index (κ3) is 1.95. The van der Waals surface area contributed by atoms with E-state index in [0.717, 1.165) is 10.3 Å². The van der Waals surface area contributed by atoms with Gasteiger partial charge in [0.15, 0.2) is 0 Å². The maximum absolute atomic E-state index is 8.89. The monoisotopic (exact) mass is 230 g/mol. The SMILES string of the molecule is CC(CO)c1nc(Br)ccc1N. The molecule has 1 unspecified atom stereocenters. The van der Waals surface area contributed by atoms with Crippen LogP contribution in [0.15, 0.2) is 16.7 Å². The summed E-state index contributed by atoms with van der Waals surface area (Å²) in [6.07, 6.45) is 0. The van der Waals surface area contributed by atoms with E-state index in [2.05, 4.69) is 20.9 Å². The van der Waals surface area contributed by atoms with Crippen LogP contribution in [-0.4, -0.2) is 16.7 Å². The number of aliphatic hydroxyl groups excluding tert-OH is 1. The average molecular weight is 231 g/mol. The first kappa shape index (κ1) is 9.48. The molecule has 1 heterocycles. The van der Waals surface area contributed by atoms with Crippen LogP contribution in [0.5, 0.6) is 0 Å². The van der Waals surface area contributed by atoms with Gasteiger partial charge in [-0.2, -0.15) is 0 Å². The number of aromatic nitrogens is 1. The van der Waals surface area contributed by atoms with Gasteiger partial charge >= 0.3 is 0 Å². The first-order chi connectivity index (χ1) is 5.65. The number of hydrogen-bond acceptors (Lipinski definition) is 3. The molecule has 1 atom stereocenters. The van der Waals surface area contributed by atoms with E-state index in [1.807, 2.05) is 6.92 Å². The third-order valence-corrected chi connectivity index (χ3v) is 2.11. The Morgan fingerprint density at radius 2 is 2.33 bits per heavy atom. The Balaban J connectivity index is 3.04. The molecule has 1 rings (SSSR count). The van der Waals surface area contributed by atoms with E-state index in [0.29, 0.717) is 5.69 Å². The molecule has 0 aliphatic heterocycles. The van der Waals surface area contributed by atoms with Crippen LogP contribution < -0.4 is 5.73 Å². The van der Waals surface area contributed by atoms with Gasteiger partial charge in [-0.1, -0.05) is 6.92 Å². The summed E-state index contributed by atoms with van der Waals surface area (Å²) in [7, 11) is 0. The highest BCUT2D eigenvalue weighted by atomic mass is 79.9. The van der Waals surface area contributed by atoms with E-state index in [1.165, 1.54) is 0 Å². The highest BCUT2D eigenvalue weighted by Crippen LogP contribution is 2.21. The van der Waals surface area contributed by atoms with Crippen LogP contribution in [0.25, 0.3) is 0 Å². The third-order valence-electron chi connectivity index (χ3n) is 1.66. The van der Waals surface area contributed by atoms with Crippen molar-refractivity contribution in [2.45, 2.75) is 12.8 Å². The van der Waals surface area contributed by atoms with E-state index in [-0.39, 0.29) is 12.5 Å². The Morgan fingerprint density at radius 3 is 2.92 bits per heavy atom. The number of nitrogens with two attached hydrogens (primary N) is 1. The fourth-order valence-electron chi connectivity index (χ4n) is 0.942. The topological polar surface area (TPSA) is 59.1 Å². The van der Waals surface area contributed by atoms with Crippen molar-refractivity contribution in [2.24, 2.45) is 0 Å². The van der Waals surface area contributed by atoms with Gasteiger partial charge in [0.1, 0.15) is 4.60 Å². The average Bonchev–Trinajstić information content (AvgIpc) is 2.08. The summed E-state index contributed by atoms with van der Waals surface area (Å²) in [6.45, 7) is 1.94. The Kier molecular flexibility index (Phi) is 3.05. The molecule has 0 radical (unpaired) electrons. The van der Waals surface area contributed by atoms with Gasteiger partial charge in [-0.15, -0.1) is 0 Å². The molecule has 0 saturated carbocycles. The maximum atomic E-state index is 8.89. The molecule has 12 heavy (non-hydrogen) atoms. The second kappa shape index (κ2) is 3.87. The van der Waals surface area contributed by atoms with Crippen LogP contribution >= 0.6 is 15.9 Å². The molecule has 1 aromatic heterocycles. The molecule has 0 amide bonds. The molecular weight excluding hydrogens is 220 g/mol. The largest absolute Gasteiger partial charge is 0.397 e. The van der Waals surface area contributed by atoms with E-state index in [1.54, 1.807) is 12.1 Å². The molecule has 0 saturated heterocycles. The molecule has 66 valence electrons. The molecule has 4 heteroatoms. The van der Waals surface area contributed by atoms with Crippen molar-refractivity contribution in [1.82, 2.24) is 4.98 Å². The molecule has 3 nitrogen and oxygen atoms in total. The highest BCUT2D eigenvalue weighted by Gasteiger charge is 2.09. The minimum absolute atomic E-state index is 0.0116. The second-order valence-electron chi connectivity index (χ2n) is 2.69. The summed E-state index contributed by atoms with van der Waals surface area (Å²) >= 11 is 3.25. The zero-order chi connectivity index (χ0) is 9.14. The number of rotatable bonds is 2. The molecule has 0 aliphatic rings. The minimum Gasteiger partial charge on any atom is -0.397 e. The summed E-state index contributed by atoms with van der Waals surface area (Å²) in [6, 6.07) is 3.56. The lowest BCUT2D eigenvalue weighted by Gasteiger charge is -2.09. The van der Waals surface area contributed by atoms with E-state index in [4.69, 9.17) is 10.8 Å². The van der Waals surface area contributed by atoms with Crippen molar-refractivity contribution in [3.63, 3.8) is 0 Å². The summed E-state index contributed by atoms with van der Waals surface area (Å²) in [5.41, 5.74) is 7.04. The predicted molar refractivity (Wildman–Crippen MR) is 51.9 cm³/mol. The summed E-state index contributed by atoms with van der Waals surface area (Å²) in [5.74, 6) is -0.0116. The molecule has 0 bridgehead atoms. The predicted octanol–water partition coefficient (Wildman–Crippen LogP) is 1.52. The number of pyridine rings is 1. The van der Waals surface area contributed by atoms with Crippen LogP contribution in [0, 0.1) is 0 Å². The second-order valence-corrected chi connectivity index (χ2v) is 3.50. The lowest BCUT2D eigenvalue weighted by Crippen LogP contribution is -2.06. The molecule has 0 fully saturated rings. The number of nitrogen functional groups attached to an aromatic ring is 1. The van der Waals surface area contributed by atoms with Gasteiger partial charge in [-0.05, 0) is 28.1 Å². The lowest BCUT2D eigenvalue weighted by atomic mass is 10.1. The van der Waals surface area contributed by atoms with Crippen LogP contribution in [0.3, 0.4) is 0 Å². The zero-order valence-corrected chi connectivity index (χ0v) is 8.37. The number of anilines is 1. The van der Waals surface area contributed by atoms with E-state index in [9.17, 15) is 0 Å². The van der Waals surface area contributed by atoms with Gasteiger partial charge in [0.05, 0.1) is 18.0 Å². The van der Waals surface area contributed by atoms with Crippen molar-refractivity contribution < 1.29 is 5.11 Å². The molecule has 0 spiro atoms. The molecule has 1 aromatic rings. The van der Waals surface area contributed by atoms with Gasteiger partial charge in [0.2, 0.25) is 0 Å². The van der Waals surface area contributed by atoms with Gasteiger partial charge in [-0.3, -0.25) is 0 Å².